The molecule has 1 heterocycles. The van der Waals surface area contributed by atoms with Gasteiger partial charge in [-0.1, -0.05) is 33.6 Å². The Kier molecular flexibility index (Phi) is 4.08. The Bertz CT molecular complexity index is 269. The van der Waals surface area contributed by atoms with Crippen LogP contribution in [0.5, 0.6) is 0 Å². The summed E-state index contributed by atoms with van der Waals surface area (Å²) in [6.07, 6.45) is 6.90. The molecule has 1 unspecified atom stereocenters. The van der Waals surface area contributed by atoms with E-state index in [0.717, 1.165) is 18.4 Å². The van der Waals surface area contributed by atoms with E-state index in [0.29, 0.717) is 5.41 Å². The highest BCUT2D eigenvalue weighted by Crippen LogP contribution is 2.41. The van der Waals surface area contributed by atoms with Crippen molar-refractivity contribution in [1.29, 1.82) is 0 Å². The van der Waals surface area contributed by atoms with E-state index in [1.807, 2.05) is 0 Å². The Morgan fingerprint density at radius 2 is 1.56 bits per heavy atom. The molecular formula is C16H32N2. The van der Waals surface area contributed by atoms with E-state index in [2.05, 4.69) is 32.6 Å². The molecule has 0 spiro atoms. The number of likely N-dealkylation sites (tertiary alicyclic amines) is 1. The van der Waals surface area contributed by atoms with Crippen LogP contribution in [0.25, 0.3) is 0 Å². The van der Waals surface area contributed by atoms with Gasteiger partial charge in [-0.15, -0.1) is 0 Å². The van der Waals surface area contributed by atoms with Gasteiger partial charge in [-0.05, 0) is 56.5 Å². The van der Waals surface area contributed by atoms with Crippen LogP contribution in [0.3, 0.4) is 0 Å². The van der Waals surface area contributed by atoms with Gasteiger partial charge < -0.3 is 5.73 Å². The van der Waals surface area contributed by atoms with Crippen LogP contribution in [0.15, 0.2) is 0 Å². The second kappa shape index (κ2) is 5.13. The van der Waals surface area contributed by atoms with E-state index in [1.54, 1.807) is 0 Å². The molecule has 1 aliphatic heterocycles. The molecule has 1 atom stereocenters. The normalized spacial score (nSPS) is 27.2. The largest absolute Gasteiger partial charge is 0.329 e. The molecular weight excluding hydrogens is 220 g/mol. The zero-order chi connectivity index (χ0) is 13.4. The van der Waals surface area contributed by atoms with Crippen LogP contribution in [0.4, 0.5) is 0 Å². The van der Waals surface area contributed by atoms with Gasteiger partial charge in [0.25, 0.3) is 0 Å². The van der Waals surface area contributed by atoms with Crippen molar-refractivity contribution in [2.75, 3.05) is 19.6 Å². The topological polar surface area (TPSA) is 29.3 Å². The number of nitrogens with two attached hydrogens (primary N) is 1. The second-order valence-corrected chi connectivity index (χ2v) is 7.98. The highest BCUT2D eigenvalue weighted by atomic mass is 15.2. The first-order valence-corrected chi connectivity index (χ1v) is 7.80. The molecule has 2 rings (SSSR count). The molecule has 2 nitrogen and oxygen atoms in total. The summed E-state index contributed by atoms with van der Waals surface area (Å²) >= 11 is 0. The first-order valence-electron chi connectivity index (χ1n) is 7.80. The van der Waals surface area contributed by atoms with Crippen LogP contribution in [-0.4, -0.2) is 30.1 Å². The highest BCUT2D eigenvalue weighted by Gasteiger charge is 2.39. The Labute approximate surface area is 113 Å². The Morgan fingerprint density at radius 3 is 1.94 bits per heavy atom. The van der Waals surface area contributed by atoms with Crippen molar-refractivity contribution >= 4 is 0 Å². The third-order valence-corrected chi connectivity index (χ3v) is 5.35. The number of hydrogen-bond acceptors (Lipinski definition) is 2. The van der Waals surface area contributed by atoms with Gasteiger partial charge >= 0.3 is 0 Å². The van der Waals surface area contributed by atoms with E-state index in [9.17, 15) is 0 Å². The molecule has 0 aromatic heterocycles. The molecule has 0 radical (unpaired) electrons. The van der Waals surface area contributed by atoms with Crippen LogP contribution in [0.2, 0.25) is 0 Å². The van der Waals surface area contributed by atoms with Crippen LogP contribution >= 0.6 is 0 Å². The summed E-state index contributed by atoms with van der Waals surface area (Å²) in [5.74, 6) is 1.86. The van der Waals surface area contributed by atoms with Crippen LogP contribution < -0.4 is 5.73 Å². The molecule has 0 aromatic rings. The van der Waals surface area contributed by atoms with E-state index in [4.69, 9.17) is 5.73 Å². The van der Waals surface area contributed by atoms with Crippen molar-refractivity contribution in [3.05, 3.63) is 0 Å². The fourth-order valence-electron chi connectivity index (χ4n) is 3.57. The number of nitrogens with zero attached hydrogens (tertiary/aromatic N) is 1. The fourth-order valence-corrected chi connectivity index (χ4v) is 3.57. The number of hydrogen-bond donors (Lipinski definition) is 1. The quantitative estimate of drug-likeness (QED) is 0.832. The van der Waals surface area contributed by atoms with Crippen molar-refractivity contribution in [2.45, 2.75) is 65.3 Å². The molecule has 0 bridgehead atoms. The zero-order valence-electron chi connectivity index (χ0n) is 12.8. The lowest BCUT2D eigenvalue weighted by molar-refractivity contribution is 0.0315. The third kappa shape index (κ3) is 3.27. The van der Waals surface area contributed by atoms with Gasteiger partial charge in [0.1, 0.15) is 0 Å². The van der Waals surface area contributed by atoms with Gasteiger partial charge in [-0.2, -0.15) is 0 Å². The lowest BCUT2D eigenvalue weighted by Gasteiger charge is -2.47. The average molecular weight is 252 g/mol. The first-order chi connectivity index (χ1) is 8.35. The molecule has 2 fully saturated rings. The van der Waals surface area contributed by atoms with E-state index < -0.39 is 0 Å². The lowest BCUT2D eigenvalue weighted by atomic mass is 9.74. The molecule has 1 saturated carbocycles. The number of piperidine rings is 1. The van der Waals surface area contributed by atoms with Crippen molar-refractivity contribution in [2.24, 2.45) is 23.0 Å². The minimum Gasteiger partial charge on any atom is -0.329 e. The average Bonchev–Trinajstić information content (AvgIpc) is 3.12. The zero-order valence-corrected chi connectivity index (χ0v) is 12.8. The van der Waals surface area contributed by atoms with Crippen molar-refractivity contribution in [1.82, 2.24) is 4.90 Å². The van der Waals surface area contributed by atoms with Crippen LogP contribution in [0.1, 0.15) is 59.8 Å². The summed E-state index contributed by atoms with van der Waals surface area (Å²) in [7, 11) is 0. The van der Waals surface area contributed by atoms with Crippen LogP contribution in [-0.2, 0) is 0 Å². The van der Waals surface area contributed by atoms with Gasteiger partial charge in [0.15, 0.2) is 0 Å². The van der Waals surface area contributed by atoms with Gasteiger partial charge in [0.05, 0.1) is 0 Å². The van der Waals surface area contributed by atoms with Crippen LogP contribution in [0, 0.1) is 17.3 Å². The summed E-state index contributed by atoms with van der Waals surface area (Å²) in [5, 5.41) is 0. The maximum atomic E-state index is 6.09. The second-order valence-electron chi connectivity index (χ2n) is 7.98. The minimum absolute atomic E-state index is 0.268. The van der Waals surface area contributed by atoms with Gasteiger partial charge in [0, 0.05) is 12.1 Å². The number of rotatable bonds is 4. The first kappa shape index (κ1) is 14.3. The minimum atomic E-state index is 0.268. The summed E-state index contributed by atoms with van der Waals surface area (Å²) in [6, 6.07) is 0. The standard InChI is InChI=1S/C16H32N2/c1-15(2,3)14-7-9-18(10-8-14)16(4,12-17)11-13-5-6-13/h13-14H,5-12,17H2,1-4H3. The predicted octanol–water partition coefficient (Wildman–Crippen LogP) is 3.26. The monoisotopic (exact) mass is 252 g/mol. The van der Waals surface area contributed by atoms with E-state index >= 15 is 0 Å². The third-order valence-electron chi connectivity index (χ3n) is 5.35. The summed E-state index contributed by atoms with van der Waals surface area (Å²) in [5.41, 5.74) is 6.83. The van der Waals surface area contributed by atoms with Gasteiger partial charge in [-0.3, -0.25) is 4.90 Å². The highest BCUT2D eigenvalue weighted by molar-refractivity contribution is 4.95. The van der Waals surface area contributed by atoms with E-state index in [-0.39, 0.29) is 5.54 Å². The summed E-state index contributed by atoms with van der Waals surface area (Å²) < 4.78 is 0. The summed E-state index contributed by atoms with van der Waals surface area (Å²) in [4.78, 5) is 2.69. The van der Waals surface area contributed by atoms with Crippen molar-refractivity contribution in [3.63, 3.8) is 0 Å². The molecule has 0 aromatic carbocycles. The predicted molar refractivity (Wildman–Crippen MR) is 78.6 cm³/mol. The van der Waals surface area contributed by atoms with Crippen molar-refractivity contribution in [3.8, 4) is 0 Å². The van der Waals surface area contributed by atoms with Gasteiger partial charge in [-0.25, -0.2) is 0 Å². The van der Waals surface area contributed by atoms with Crippen molar-refractivity contribution < 1.29 is 0 Å². The molecule has 1 saturated heterocycles. The molecule has 18 heavy (non-hydrogen) atoms. The Hall–Kier alpha value is -0.0800. The molecule has 1 aliphatic carbocycles. The SMILES string of the molecule is CC(C)(C)C1CCN(C(C)(CN)CC2CC2)CC1. The Balaban J connectivity index is 1.90. The summed E-state index contributed by atoms with van der Waals surface area (Å²) in [6.45, 7) is 12.9. The van der Waals surface area contributed by atoms with E-state index in [1.165, 1.54) is 45.2 Å². The fraction of sp³-hybridized carbons (Fsp3) is 1.00. The van der Waals surface area contributed by atoms with Gasteiger partial charge in [0.2, 0.25) is 0 Å². The molecule has 2 heteroatoms. The molecule has 106 valence electrons. The molecule has 0 amide bonds. The maximum Gasteiger partial charge on any atom is 0.0306 e. The lowest BCUT2D eigenvalue weighted by Crippen LogP contribution is -2.55. The molecule has 2 N–H and O–H groups in total. The smallest absolute Gasteiger partial charge is 0.0306 e. The molecule has 2 aliphatic rings. The maximum absolute atomic E-state index is 6.09. The Morgan fingerprint density at radius 1 is 1.00 bits per heavy atom.